The number of carboxylic acids is 1. The highest BCUT2D eigenvalue weighted by Crippen LogP contribution is 2.42. The summed E-state index contributed by atoms with van der Waals surface area (Å²) in [5.41, 5.74) is 8.58. The number of aliphatic carboxylic acids is 1. The Morgan fingerprint density at radius 1 is 1.11 bits per heavy atom. The normalized spacial score (nSPS) is 15.2. The molecule has 2 atom stereocenters. The lowest BCUT2D eigenvalue weighted by Crippen LogP contribution is -2.10. The van der Waals surface area contributed by atoms with Gasteiger partial charge in [0.2, 0.25) is 0 Å². The van der Waals surface area contributed by atoms with Crippen molar-refractivity contribution in [1.29, 1.82) is 0 Å². The maximum absolute atomic E-state index is 11.2. The molecule has 0 radical (unpaired) electrons. The summed E-state index contributed by atoms with van der Waals surface area (Å²) in [4.78, 5) is 11.2. The number of hydrogen-bond acceptors (Lipinski definition) is 6. The van der Waals surface area contributed by atoms with E-state index in [0.717, 1.165) is 48.7 Å². The maximum atomic E-state index is 11.2. The second-order valence-electron chi connectivity index (χ2n) is 9.84. The third-order valence-corrected chi connectivity index (χ3v) is 8.39. The van der Waals surface area contributed by atoms with Crippen molar-refractivity contribution in [2.24, 2.45) is 5.14 Å². The van der Waals surface area contributed by atoms with Crippen LogP contribution in [-0.2, 0) is 11.2 Å². The minimum absolute atomic E-state index is 0.00938. The number of aryl methyl sites for hydroxylation is 2. The van der Waals surface area contributed by atoms with Crippen LogP contribution in [0.5, 0.6) is 11.5 Å². The van der Waals surface area contributed by atoms with Gasteiger partial charge in [-0.25, -0.2) is 0 Å². The molecule has 3 aromatic carbocycles. The van der Waals surface area contributed by atoms with Crippen molar-refractivity contribution in [2.75, 3.05) is 24.4 Å². The zero-order chi connectivity index (χ0) is 27.1. The van der Waals surface area contributed by atoms with E-state index in [9.17, 15) is 9.90 Å². The number of hydrogen-bond donors (Lipinski definition) is 2. The monoisotopic (exact) mass is 551 g/mol. The molecule has 0 aliphatic heterocycles. The van der Waals surface area contributed by atoms with Crippen LogP contribution in [0, 0.1) is 13.8 Å². The van der Waals surface area contributed by atoms with Gasteiger partial charge in [-0.05, 0) is 108 Å². The molecule has 0 amide bonds. The number of ether oxygens (including phenoxy) is 2. The highest BCUT2D eigenvalue weighted by Gasteiger charge is 2.27. The first-order valence-electron chi connectivity index (χ1n) is 13.1. The number of rotatable bonds is 13. The molecule has 0 fully saturated rings. The molecule has 3 N–H and O–H groups in total. The molecule has 0 aromatic heterocycles. The molecule has 2 unspecified atom stereocenters. The molecule has 4 rings (SSSR count). The van der Waals surface area contributed by atoms with Gasteiger partial charge in [0, 0.05) is 11.7 Å². The van der Waals surface area contributed by atoms with E-state index in [0.29, 0.717) is 5.75 Å². The summed E-state index contributed by atoms with van der Waals surface area (Å²) < 4.78 is 12.5. The lowest BCUT2D eigenvalue weighted by atomic mass is 9.90. The minimum Gasteiger partial charge on any atom is -0.494 e. The predicted octanol–water partition coefficient (Wildman–Crippen LogP) is 7.33. The van der Waals surface area contributed by atoms with Gasteiger partial charge in [-0.15, -0.1) is 0 Å². The molecule has 3 aromatic rings. The molecule has 0 spiro atoms. The Kier molecular flexibility index (Phi) is 10.1. The van der Waals surface area contributed by atoms with Crippen molar-refractivity contribution < 1.29 is 19.4 Å². The van der Waals surface area contributed by atoms with Gasteiger partial charge in [-0.2, -0.15) is 11.8 Å². The van der Waals surface area contributed by atoms with Gasteiger partial charge in [0.05, 0.1) is 13.0 Å². The summed E-state index contributed by atoms with van der Waals surface area (Å²) in [7, 11) is 0. The zero-order valence-electron chi connectivity index (χ0n) is 22.4. The Morgan fingerprint density at radius 3 is 2.50 bits per heavy atom. The number of benzene rings is 3. The van der Waals surface area contributed by atoms with Crippen molar-refractivity contribution >= 4 is 29.7 Å². The van der Waals surface area contributed by atoms with E-state index in [-0.39, 0.29) is 18.4 Å². The standard InChI is InChI=1S/C31H37NO4S2/c1-20-16-25(35-14-5-15-37-3)17-21(2)31(20)28-7-4-6-27-26(28)12-13-29(27)36-24-10-8-22(9-11-24)23(19-38-32)18-30(33)34/h4,6-11,16-17,23,29H,5,12-15,18-19,32H2,1-3H3,(H,33,34). The Labute approximate surface area is 234 Å². The highest BCUT2D eigenvalue weighted by atomic mass is 32.2. The van der Waals surface area contributed by atoms with E-state index < -0.39 is 5.97 Å². The van der Waals surface area contributed by atoms with Gasteiger partial charge in [0.25, 0.3) is 0 Å². The number of carboxylic acid groups (broad SMARTS) is 1. The minimum atomic E-state index is -0.818. The van der Waals surface area contributed by atoms with Crippen molar-refractivity contribution in [3.05, 3.63) is 82.4 Å². The molecule has 38 heavy (non-hydrogen) atoms. The van der Waals surface area contributed by atoms with Crippen LogP contribution in [0.2, 0.25) is 0 Å². The fraction of sp³-hybridized carbons (Fsp3) is 0.387. The van der Waals surface area contributed by atoms with Gasteiger partial charge in [-0.3, -0.25) is 9.93 Å². The van der Waals surface area contributed by atoms with E-state index in [1.807, 2.05) is 36.0 Å². The van der Waals surface area contributed by atoms with Crippen LogP contribution in [0.3, 0.4) is 0 Å². The van der Waals surface area contributed by atoms with Crippen LogP contribution in [0.25, 0.3) is 11.1 Å². The lowest BCUT2D eigenvalue weighted by Gasteiger charge is -2.19. The highest BCUT2D eigenvalue weighted by molar-refractivity contribution is 7.98. The molecular formula is C31H37NO4S2. The number of carbonyl (C=O) groups is 1. The van der Waals surface area contributed by atoms with E-state index in [2.05, 4.69) is 50.4 Å². The zero-order valence-corrected chi connectivity index (χ0v) is 24.0. The average Bonchev–Trinajstić information content (AvgIpc) is 3.30. The second-order valence-corrected chi connectivity index (χ2v) is 11.5. The average molecular weight is 552 g/mol. The van der Waals surface area contributed by atoms with Gasteiger partial charge in [-0.1, -0.05) is 42.3 Å². The van der Waals surface area contributed by atoms with E-state index >= 15 is 0 Å². The SMILES string of the molecule is CSCCCOc1cc(C)c(-c2cccc3c2CCC3Oc2ccc(C(CSN)CC(=O)O)cc2)c(C)c1. The topological polar surface area (TPSA) is 81.8 Å². The lowest BCUT2D eigenvalue weighted by molar-refractivity contribution is -0.137. The molecular weight excluding hydrogens is 514 g/mol. The van der Waals surface area contributed by atoms with Gasteiger partial charge in [0.15, 0.2) is 0 Å². The van der Waals surface area contributed by atoms with E-state index in [1.165, 1.54) is 45.3 Å². The second kappa shape index (κ2) is 13.5. The smallest absolute Gasteiger partial charge is 0.303 e. The quantitative estimate of drug-likeness (QED) is 0.170. The van der Waals surface area contributed by atoms with Crippen LogP contribution in [0.1, 0.15) is 59.1 Å². The summed E-state index contributed by atoms with van der Waals surface area (Å²) in [5, 5.41) is 14.9. The van der Waals surface area contributed by atoms with Crippen molar-refractivity contribution in [3.8, 4) is 22.6 Å². The third-order valence-electron chi connectivity index (χ3n) is 7.10. The molecule has 0 bridgehead atoms. The van der Waals surface area contributed by atoms with Crippen LogP contribution in [0.15, 0.2) is 54.6 Å². The van der Waals surface area contributed by atoms with Gasteiger partial charge in [0.1, 0.15) is 17.6 Å². The van der Waals surface area contributed by atoms with Crippen molar-refractivity contribution in [1.82, 2.24) is 0 Å². The van der Waals surface area contributed by atoms with Crippen LogP contribution in [-0.4, -0.2) is 35.4 Å². The number of thioether (sulfide) groups is 1. The number of nitrogens with two attached hydrogens (primary N) is 1. The van der Waals surface area contributed by atoms with E-state index in [1.54, 1.807) is 0 Å². The summed E-state index contributed by atoms with van der Waals surface area (Å²) in [6.07, 6.45) is 5.11. The molecule has 202 valence electrons. The fourth-order valence-electron chi connectivity index (χ4n) is 5.38. The molecule has 7 heteroatoms. The maximum Gasteiger partial charge on any atom is 0.303 e. The van der Waals surface area contributed by atoms with Crippen molar-refractivity contribution in [2.45, 2.75) is 51.6 Å². The Bertz CT molecular complexity index is 1220. The Morgan fingerprint density at radius 2 is 1.84 bits per heavy atom. The van der Waals surface area contributed by atoms with Gasteiger partial charge < -0.3 is 14.6 Å². The third kappa shape index (κ3) is 6.87. The fourth-order valence-corrected chi connectivity index (χ4v) is 6.33. The number of fused-ring (bicyclic) bond motifs is 1. The Balaban J connectivity index is 1.51. The van der Waals surface area contributed by atoms with Crippen LogP contribution in [0.4, 0.5) is 0 Å². The first-order valence-corrected chi connectivity index (χ1v) is 15.5. The Hall–Kier alpha value is -2.61. The summed E-state index contributed by atoms with van der Waals surface area (Å²) in [6.45, 7) is 5.08. The summed E-state index contributed by atoms with van der Waals surface area (Å²) in [6, 6.07) is 18.7. The largest absolute Gasteiger partial charge is 0.494 e. The van der Waals surface area contributed by atoms with Crippen molar-refractivity contribution in [3.63, 3.8) is 0 Å². The van der Waals surface area contributed by atoms with Gasteiger partial charge >= 0.3 is 5.97 Å². The first kappa shape index (κ1) is 28.4. The molecule has 1 aliphatic rings. The first-order chi connectivity index (χ1) is 18.4. The van der Waals surface area contributed by atoms with E-state index in [4.69, 9.17) is 14.6 Å². The van der Waals surface area contributed by atoms with Crippen LogP contribution < -0.4 is 14.6 Å². The van der Waals surface area contributed by atoms with Crippen LogP contribution >= 0.6 is 23.7 Å². The molecule has 0 saturated carbocycles. The molecule has 5 nitrogen and oxygen atoms in total. The predicted molar refractivity (Wildman–Crippen MR) is 160 cm³/mol. The molecule has 1 aliphatic carbocycles. The molecule has 0 heterocycles. The summed E-state index contributed by atoms with van der Waals surface area (Å²) >= 11 is 3.02. The molecule has 0 saturated heterocycles. The summed E-state index contributed by atoms with van der Waals surface area (Å²) in [5.74, 6) is 2.47.